The van der Waals surface area contributed by atoms with E-state index < -0.39 is 0 Å². The Kier molecular flexibility index (Phi) is 6.02. The number of ketones is 1. The molecule has 0 bridgehead atoms. The maximum Gasteiger partial charge on any atom is 0.169 e. The predicted octanol–water partition coefficient (Wildman–Crippen LogP) is 6.14. The first-order chi connectivity index (χ1) is 15.9. The average molecular weight is 464 g/mol. The van der Waals surface area contributed by atoms with Crippen LogP contribution in [-0.2, 0) is 0 Å². The summed E-state index contributed by atoms with van der Waals surface area (Å²) in [5.41, 5.74) is 4.37. The lowest BCUT2D eigenvalue weighted by Crippen LogP contribution is -2.36. The van der Waals surface area contributed by atoms with Gasteiger partial charge >= 0.3 is 0 Å². The van der Waals surface area contributed by atoms with Gasteiger partial charge in [-0.25, -0.2) is 0 Å². The van der Waals surface area contributed by atoms with Crippen LogP contribution < -0.4 is 5.32 Å². The molecule has 0 unspecified atom stereocenters. The highest BCUT2D eigenvalue weighted by Crippen LogP contribution is 2.39. The van der Waals surface area contributed by atoms with Crippen LogP contribution in [0.3, 0.4) is 0 Å². The molecule has 0 amide bonds. The minimum Gasteiger partial charge on any atom is -0.506 e. The van der Waals surface area contributed by atoms with Crippen molar-refractivity contribution in [3.05, 3.63) is 53.2 Å². The topological polar surface area (TPSA) is 65.5 Å². The van der Waals surface area contributed by atoms with E-state index in [1.807, 2.05) is 18.2 Å². The normalized spacial score (nSPS) is 20.8. The highest BCUT2D eigenvalue weighted by atomic mass is 35.5. The number of nitrogens with one attached hydrogen (secondary N) is 1. The van der Waals surface area contributed by atoms with E-state index in [1.54, 1.807) is 18.3 Å². The third-order valence-corrected chi connectivity index (χ3v) is 7.44. The van der Waals surface area contributed by atoms with Gasteiger partial charge in [-0.1, -0.05) is 23.7 Å². The number of hydrogen-bond acceptors (Lipinski definition) is 5. The minimum absolute atomic E-state index is 0.0656. The molecule has 0 aliphatic heterocycles. The molecule has 0 radical (unpaired) electrons. The number of aromatic hydroxyl groups is 1. The van der Waals surface area contributed by atoms with Gasteiger partial charge in [0.25, 0.3) is 0 Å². The van der Waals surface area contributed by atoms with E-state index in [1.165, 1.54) is 0 Å². The SMILES string of the molecule is CN(C)C1CCC(Nc2c(C(=O)C3CC3)cnc3ccc(-c4ccc(O)c(Cl)c4)cc23)CC1. The van der Waals surface area contributed by atoms with Crippen LogP contribution in [0.4, 0.5) is 5.69 Å². The molecule has 2 aliphatic rings. The van der Waals surface area contributed by atoms with Gasteiger partial charge in [-0.2, -0.15) is 0 Å². The van der Waals surface area contributed by atoms with Crippen molar-refractivity contribution in [2.24, 2.45) is 5.92 Å². The number of benzene rings is 2. The first-order valence-corrected chi connectivity index (χ1v) is 12.2. The fourth-order valence-corrected chi connectivity index (χ4v) is 5.09. The molecule has 2 N–H and O–H groups in total. The monoisotopic (exact) mass is 463 g/mol. The van der Waals surface area contributed by atoms with Crippen LogP contribution in [0.5, 0.6) is 5.75 Å². The molecule has 5 rings (SSSR count). The van der Waals surface area contributed by atoms with E-state index in [0.29, 0.717) is 22.7 Å². The Morgan fingerprint density at radius 1 is 1.03 bits per heavy atom. The first kappa shape index (κ1) is 22.2. The first-order valence-electron chi connectivity index (χ1n) is 11.8. The van der Waals surface area contributed by atoms with Crippen molar-refractivity contribution in [1.29, 1.82) is 0 Å². The van der Waals surface area contributed by atoms with E-state index >= 15 is 0 Å². The van der Waals surface area contributed by atoms with Gasteiger partial charge in [0.2, 0.25) is 0 Å². The molecule has 1 aromatic heterocycles. The molecule has 2 aliphatic carbocycles. The number of anilines is 1. The van der Waals surface area contributed by atoms with Crippen LogP contribution in [-0.4, -0.2) is 47.0 Å². The molecule has 3 aromatic rings. The van der Waals surface area contributed by atoms with E-state index in [-0.39, 0.29) is 17.5 Å². The molecule has 2 aromatic carbocycles. The smallest absolute Gasteiger partial charge is 0.169 e. The fraction of sp³-hybridized carbons (Fsp3) is 0.407. The lowest BCUT2D eigenvalue weighted by molar-refractivity contribution is 0.0968. The summed E-state index contributed by atoms with van der Waals surface area (Å²) in [7, 11) is 4.30. The summed E-state index contributed by atoms with van der Waals surface area (Å²) in [6.45, 7) is 0. The number of pyridine rings is 1. The largest absolute Gasteiger partial charge is 0.506 e. The number of halogens is 1. The molecule has 33 heavy (non-hydrogen) atoms. The second-order valence-electron chi connectivity index (χ2n) is 9.70. The summed E-state index contributed by atoms with van der Waals surface area (Å²) in [5, 5.41) is 14.8. The van der Waals surface area contributed by atoms with Crippen LogP contribution in [0.1, 0.15) is 48.9 Å². The second kappa shape index (κ2) is 8.96. The second-order valence-corrected chi connectivity index (χ2v) is 10.1. The fourth-order valence-electron chi connectivity index (χ4n) is 4.91. The summed E-state index contributed by atoms with van der Waals surface area (Å²) >= 11 is 6.16. The highest BCUT2D eigenvalue weighted by Gasteiger charge is 2.33. The van der Waals surface area contributed by atoms with Crippen LogP contribution in [0.25, 0.3) is 22.0 Å². The van der Waals surface area contributed by atoms with Crippen LogP contribution in [0.2, 0.25) is 5.02 Å². The van der Waals surface area contributed by atoms with Gasteiger partial charge in [-0.15, -0.1) is 0 Å². The zero-order valence-corrected chi connectivity index (χ0v) is 19.9. The third kappa shape index (κ3) is 4.57. The van der Waals surface area contributed by atoms with Crippen LogP contribution in [0, 0.1) is 5.92 Å². The molecule has 0 atom stereocenters. The van der Waals surface area contributed by atoms with Crippen molar-refractivity contribution in [2.75, 3.05) is 19.4 Å². The standard InChI is InChI=1S/C27H30ClN3O2/c1-31(2)20-9-7-19(8-10-20)30-26-21-13-17(18-6-12-25(32)23(28)14-18)5-11-24(21)29-15-22(26)27(33)16-3-4-16/h5-6,11-16,19-20,32H,3-4,7-10H2,1-2H3,(H,29,30). The Labute approximate surface area is 199 Å². The number of phenolic OH excluding ortho intramolecular Hbond substituents is 1. The Balaban J connectivity index is 1.55. The number of aromatic nitrogens is 1. The number of fused-ring (bicyclic) bond motifs is 1. The molecule has 5 nitrogen and oxygen atoms in total. The van der Waals surface area contributed by atoms with E-state index in [9.17, 15) is 9.90 Å². The van der Waals surface area contributed by atoms with Gasteiger partial charge in [-0.3, -0.25) is 9.78 Å². The van der Waals surface area contributed by atoms with E-state index in [4.69, 9.17) is 11.6 Å². The van der Waals surface area contributed by atoms with Crippen molar-refractivity contribution in [3.8, 4) is 16.9 Å². The van der Waals surface area contributed by atoms with Gasteiger partial charge < -0.3 is 15.3 Å². The third-order valence-electron chi connectivity index (χ3n) is 7.14. The molecule has 2 saturated carbocycles. The number of Topliss-reactive ketones (excluding diaryl/α,β-unsaturated/α-hetero) is 1. The van der Waals surface area contributed by atoms with Gasteiger partial charge in [0.15, 0.2) is 5.78 Å². The van der Waals surface area contributed by atoms with Gasteiger partial charge in [0.1, 0.15) is 5.75 Å². The van der Waals surface area contributed by atoms with Crippen LogP contribution >= 0.6 is 11.6 Å². The van der Waals surface area contributed by atoms with E-state index in [2.05, 4.69) is 35.4 Å². The van der Waals surface area contributed by atoms with Crippen molar-refractivity contribution >= 4 is 34.0 Å². The molecular weight excluding hydrogens is 434 g/mol. The Bertz CT molecular complexity index is 1200. The molecule has 172 valence electrons. The number of rotatable bonds is 6. The number of phenols is 1. The maximum atomic E-state index is 13.2. The molecule has 2 fully saturated rings. The maximum absolute atomic E-state index is 13.2. The summed E-state index contributed by atoms with van der Waals surface area (Å²) in [6, 6.07) is 12.3. The summed E-state index contributed by atoms with van der Waals surface area (Å²) in [4.78, 5) is 20.1. The van der Waals surface area contributed by atoms with Gasteiger partial charge in [0, 0.05) is 29.6 Å². The number of nitrogens with zero attached hydrogens (tertiary/aromatic N) is 2. The lowest BCUT2D eigenvalue weighted by atomic mass is 9.89. The predicted molar refractivity (Wildman–Crippen MR) is 134 cm³/mol. The van der Waals surface area contributed by atoms with Crippen molar-refractivity contribution in [3.63, 3.8) is 0 Å². The number of carbonyl (C=O) groups excluding carboxylic acids is 1. The molecule has 0 saturated heterocycles. The average Bonchev–Trinajstić information content (AvgIpc) is 3.66. The summed E-state index contributed by atoms with van der Waals surface area (Å²) in [5.74, 6) is 0.399. The zero-order chi connectivity index (χ0) is 23.1. The quantitative estimate of drug-likeness (QED) is 0.430. The van der Waals surface area contributed by atoms with Crippen molar-refractivity contribution in [1.82, 2.24) is 9.88 Å². The lowest BCUT2D eigenvalue weighted by Gasteiger charge is -2.34. The Morgan fingerprint density at radius 3 is 2.39 bits per heavy atom. The summed E-state index contributed by atoms with van der Waals surface area (Å²) in [6.07, 6.45) is 8.15. The van der Waals surface area contributed by atoms with Gasteiger partial charge in [-0.05, 0) is 88.0 Å². The molecule has 1 heterocycles. The Hall–Kier alpha value is -2.63. The van der Waals surface area contributed by atoms with Gasteiger partial charge in [0.05, 0.1) is 21.8 Å². The number of carbonyl (C=O) groups is 1. The van der Waals surface area contributed by atoms with Crippen molar-refractivity contribution in [2.45, 2.75) is 50.6 Å². The highest BCUT2D eigenvalue weighted by molar-refractivity contribution is 6.32. The zero-order valence-electron chi connectivity index (χ0n) is 19.1. The number of hydrogen-bond donors (Lipinski definition) is 2. The minimum atomic E-state index is 0.0656. The molecular formula is C27H30ClN3O2. The molecule has 6 heteroatoms. The van der Waals surface area contributed by atoms with E-state index in [0.717, 1.165) is 66.2 Å². The van der Waals surface area contributed by atoms with Crippen LogP contribution in [0.15, 0.2) is 42.6 Å². The Morgan fingerprint density at radius 2 is 1.73 bits per heavy atom. The summed E-state index contributed by atoms with van der Waals surface area (Å²) < 4.78 is 0. The van der Waals surface area contributed by atoms with Crippen molar-refractivity contribution < 1.29 is 9.90 Å². The molecule has 0 spiro atoms.